The van der Waals surface area contributed by atoms with E-state index >= 15 is 0 Å². The van der Waals surface area contributed by atoms with Crippen LogP contribution in [0.25, 0.3) is 0 Å². The van der Waals surface area contributed by atoms with Crippen molar-refractivity contribution < 1.29 is 118 Å². The molecule has 12 N–H and O–H groups in total. The molecule has 348 valence electrons. The minimum absolute atomic E-state index is 1.09. The molecule has 22 aliphatic rings. The standard InChI is InChI=1S/C36H60O24/c1-7-25-13(37)19(43)31(49-7)56-26-8(2)51-33(21(45)15(26)39)58-28-10(4)53-35(23(47)17(28)41)60-30-12(6)54-36(24(48)18(30)42)59-29-11(5)52-34(22(46)16(29)40)57-27-9(3)50-32(55-25)20(44)14(27)38/h7-48H,1-6H3/t7-,8-,9-,10-,11-,12-,13-,14-,15-,16-,17-,18-,19+,20+,21+,22+,23+,24+,25-,26-,27-,28-,29-,30-,31-,32-,33-,34-,35-,36-/m0/s1. The van der Waals surface area contributed by atoms with Gasteiger partial charge in [0.2, 0.25) is 0 Å². The second-order valence-corrected chi connectivity index (χ2v) is 16.7. The molecule has 22 heterocycles. The van der Waals surface area contributed by atoms with Crippen molar-refractivity contribution in [2.45, 2.75) is 226 Å². The van der Waals surface area contributed by atoms with E-state index in [1.165, 1.54) is 41.5 Å². The van der Waals surface area contributed by atoms with Crippen LogP contribution < -0.4 is 0 Å². The third-order valence-electron chi connectivity index (χ3n) is 12.4. The van der Waals surface area contributed by atoms with Crippen molar-refractivity contribution in [1.82, 2.24) is 0 Å². The molecule has 24 nitrogen and oxygen atoms in total. The summed E-state index contributed by atoms with van der Waals surface area (Å²) in [5, 5.41) is 134. The van der Waals surface area contributed by atoms with Gasteiger partial charge in [-0.25, -0.2) is 0 Å². The van der Waals surface area contributed by atoms with Crippen LogP contribution in [-0.2, 0) is 56.8 Å². The van der Waals surface area contributed by atoms with Crippen molar-refractivity contribution in [2.24, 2.45) is 0 Å². The van der Waals surface area contributed by atoms with Crippen LogP contribution in [0.1, 0.15) is 41.5 Å². The Morgan fingerprint density at radius 2 is 0.300 bits per heavy atom. The highest BCUT2D eigenvalue weighted by Gasteiger charge is 2.57. The maximum atomic E-state index is 11.2. The van der Waals surface area contributed by atoms with Crippen molar-refractivity contribution in [3.05, 3.63) is 0 Å². The van der Waals surface area contributed by atoms with Crippen molar-refractivity contribution >= 4 is 0 Å². The van der Waals surface area contributed by atoms with Gasteiger partial charge >= 0.3 is 0 Å². The highest BCUT2D eigenvalue weighted by molar-refractivity contribution is 4.99. The summed E-state index contributed by atoms with van der Waals surface area (Å²) in [5.41, 5.74) is 0. The zero-order valence-electron chi connectivity index (χ0n) is 33.6. The summed E-state index contributed by atoms with van der Waals surface area (Å²) in [6.07, 6.45) is -46.3. The Balaban J connectivity index is 1.14. The maximum Gasteiger partial charge on any atom is 0.187 e. The molecule has 22 rings (SSSR count). The molecule has 22 saturated heterocycles. The molecule has 22 aliphatic heterocycles. The molecule has 0 aliphatic carbocycles. The Hall–Kier alpha value is -0.960. The molecule has 0 amide bonds. The molecule has 22 fully saturated rings. The first-order valence-electron chi connectivity index (χ1n) is 20.2. The lowest BCUT2D eigenvalue weighted by Crippen LogP contribution is -2.67. The van der Waals surface area contributed by atoms with E-state index in [1.54, 1.807) is 0 Å². The Kier molecular flexibility index (Phi) is 14.5. The van der Waals surface area contributed by atoms with E-state index in [1.807, 2.05) is 0 Å². The quantitative estimate of drug-likeness (QED) is 0.108. The number of hydrogen-bond acceptors (Lipinski definition) is 24. The van der Waals surface area contributed by atoms with Crippen molar-refractivity contribution in [1.29, 1.82) is 0 Å². The molecule has 12 bridgehead atoms. The molecular formula is C36H60O24. The van der Waals surface area contributed by atoms with Crippen molar-refractivity contribution in [3.8, 4) is 0 Å². The maximum absolute atomic E-state index is 11.2. The fourth-order valence-corrected chi connectivity index (χ4v) is 8.77. The van der Waals surface area contributed by atoms with Gasteiger partial charge in [0.25, 0.3) is 0 Å². The normalized spacial score (nSPS) is 59.7. The average Bonchev–Trinajstić information content (AvgIpc) is 3.19. The van der Waals surface area contributed by atoms with Gasteiger partial charge in [-0.1, -0.05) is 0 Å². The number of rotatable bonds is 0. The van der Waals surface area contributed by atoms with Crippen molar-refractivity contribution in [2.75, 3.05) is 0 Å². The molecule has 24 heteroatoms. The molecule has 0 saturated carbocycles. The first kappa shape index (κ1) is 47.0. The molecule has 0 aromatic carbocycles. The third-order valence-corrected chi connectivity index (χ3v) is 12.4. The van der Waals surface area contributed by atoms with E-state index in [0.29, 0.717) is 0 Å². The predicted molar refractivity (Wildman–Crippen MR) is 187 cm³/mol. The van der Waals surface area contributed by atoms with Gasteiger partial charge < -0.3 is 118 Å². The smallest absolute Gasteiger partial charge is 0.187 e. The first-order chi connectivity index (χ1) is 28.2. The van der Waals surface area contributed by atoms with Gasteiger partial charge in [-0.05, 0) is 41.5 Å². The van der Waals surface area contributed by atoms with Crippen LogP contribution in [0.2, 0.25) is 0 Å². The summed E-state index contributed by atoms with van der Waals surface area (Å²) in [5.74, 6) is 0. The summed E-state index contributed by atoms with van der Waals surface area (Å²) in [7, 11) is 0. The van der Waals surface area contributed by atoms with E-state index in [-0.39, 0.29) is 0 Å². The van der Waals surface area contributed by atoms with Crippen LogP contribution in [0.4, 0.5) is 0 Å². The summed E-state index contributed by atoms with van der Waals surface area (Å²) >= 11 is 0. The molecule has 60 heavy (non-hydrogen) atoms. The Labute approximate surface area is 343 Å². The van der Waals surface area contributed by atoms with Gasteiger partial charge in [0, 0.05) is 0 Å². The lowest BCUT2D eigenvalue weighted by Gasteiger charge is -2.50. The van der Waals surface area contributed by atoms with Crippen LogP contribution in [0, 0.1) is 0 Å². The van der Waals surface area contributed by atoms with Gasteiger partial charge in [-0.2, -0.15) is 0 Å². The summed E-state index contributed by atoms with van der Waals surface area (Å²) in [6, 6.07) is 0. The van der Waals surface area contributed by atoms with Crippen LogP contribution in [0.3, 0.4) is 0 Å². The predicted octanol–water partition coefficient (Wildman–Crippen LogP) is -6.89. The molecule has 0 spiro atoms. The van der Waals surface area contributed by atoms with Gasteiger partial charge in [-0.3, -0.25) is 0 Å². The lowest BCUT2D eigenvalue weighted by atomic mass is 9.95. The van der Waals surface area contributed by atoms with E-state index in [4.69, 9.17) is 56.8 Å². The van der Waals surface area contributed by atoms with Gasteiger partial charge in [0.1, 0.15) is 110 Å². The van der Waals surface area contributed by atoms with E-state index in [9.17, 15) is 61.3 Å². The van der Waals surface area contributed by atoms with E-state index in [2.05, 4.69) is 0 Å². The molecule has 0 radical (unpaired) electrons. The summed E-state index contributed by atoms with van der Waals surface area (Å²) in [6.45, 7) is 8.69. The molecule has 0 aromatic heterocycles. The van der Waals surface area contributed by atoms with Gasteiger partial charge in [0.05, 0.1) is 36.6 Å². The van der Waals surface area contributed by atoms with Gasteiger partial charge in [0.15, 0.2) is 37.7 Å². The second kappa shape index (κ2) is 18.5. The molecule has 0 aromatic rings. The zero-order valence-corrected chi connectivity index (χ0v) is 33.6. The second-order valence-electron chi connectivity index (χ2n) is 16.7. The highest BCUT2D eigenvalue weighted by atomic mass is 16.8. The van der Waals surface area contributed by atoms with Crippen LogP contribution in [-0.4, -0.2) is 246 Å². The average molecular weight is 877 g/mol. The SMILES string of the molecule is C[C@@H]1O[C@H]2O[C@@H]3[C@@H](O)[C@@H](O)[C@H](O[C@@H]4[C@@H](O)[C@@H](O)[C@H](O[C@@H]5[C@@H](O)[C@@H](O)[C@H](O[C@@H]6[C@@H](O)[C@@H](O)[C@H](O[C@@H]7[C@@H](O)[C@@H](O)[C@H](O[C@@H]1[C@@H](O)[C@H]2O)O[C@H]7C)O[C@H]6C)O[C@H]5C)O[C@H]4C)O[C@H]3C. The molecule has 30 atom stereocenters. The largest absolute Gasteiger partial charge is 0.387 e. The van der Waals surface area contributed by atoms with Crippen LogP contribution in [0.5, 0.6) is 0 Å². The minimum Gasteiger partial charge on any atom is -0.387 e. The molecule has 0 unspecified atom stereocenters. The van der Waals surface area contributed by atoms with Crippen LogP contribution in [0.15, 0.2) is 0 Å². The fourth-order valence-electron chi connectivity index (χ4n) is 8.77. The topological polar surface area (TPSA) is 354 Å². The number of ether oxygens (including phenoxy) is 12. The number of aliphatic hydroxyl groups excluding tert-OH is 12. The zero-order chi connectivity index (χ0) is 43.8. The van der Waals surface area contributed by atoms with Gasteiger partial charge in [-0.15, -0.1) is 0 Å². The highest BCUT2D eigenvalue weighted by Crippen LogP contribution is 2.37. The third kappa shape index (κ3) is 8.76. The molecular weight excluding hydrogens is 816 g/mol. The van der Waals surface area contributed by atoms with Crippen LogP contribution >= 0.6 is 0 Å². The fraction of sp³-hybridized carbons (Fsp3) is 1.00. The number of hydrogen-bond donors (Lipinski definition) is 12. The summed E-state index contributed by atoms with van der Waals surface area (Å²) in [4.78, 5) is 0. The lowest BCUT2D eigenvalue weighted by molar-refractivity contribution is -0.397. The minimum atomic E-state index is -1.84. The Bertz CT molecular complexity index is 1160. The summed E-state index contributed by atoms with van der Waals surface area (Å²) < 4.78 is 70.0. The monoisotopic (exact) mass is 876 g/mol. The Morgan fingerprint density at radius 1 is 0.183 bits per heavy atom. The van der Waals surface area contributed by atoms with E-state index < -0.39 is 184 Å². The first-order valence-corrected chi connectivity index (χ1v) is 20.2. The van der Waals surface area contributed by atoms with E-state index in [0.717, 1.165) is 0 Å². The number of aliphatic hydroxyl groups is 12. The van der Waals surface area contributed by atoms with Crippen molar-refractivity contribution in [3.63, 3.8) is 0 Å². The Morgan fingerprint density at radius 3 is 0.417 bits per heavy atom.